The van der Waals surface area contributed by atoms with Gasteiger partial charge in [0.1, 0.15) is 13.2 Å². The largest absolute Gasteiger partial charge is 0.364 e. The van der Waals surface area contributed by atoms with E-state index in [1.54, 1.807) is 0 Å². The lowest BCUT2D eigenvalue weighted by Gasteiger charge is -1.98. The van der Waals surface area contributed by atoms with Crippen molar-refractivity contribution in [3.8, 4) is 0 Å². The second-order valence-electron chi connectivity index (χ2n) is 3.35. The highest BCUT2D eigenvalue weighted by molar-refractivity contribution is 4.40. The smallest absolute Gasteiger partial charge is 0.155 e. The van der Waals surface area contributed by atoms with E-state index in [-0.39, 0.29) is 0 Å². The predicted octanol–water partition coefficient (Wildman–Crippen LogP) is 3.22. The van der Waals surface area contributed by atoms with Crippen molar-refractivity contribution in [3.05, 3.63) is 9.81 Å². The SMILES string of the molecule is CC(C)CCON=O.CCCCON=O. The first-order valence-electron chi connectivity index (χ1n) is 5.08. The molecule has 0 rings (SSSR count). The zero-order chi connectivity index (χ0) is 11.9. The molecule has 0 amide bonds. The van der Waals surface area contributed by atoms with Crippen LogP contribution in [0.1, 0.15) is 40.0 Å². The van der Waals surface area contributed by atoms with Crippen LogP contribution < -0.4 is 0 Å². The van der Waals surface area contributed by atoms with Gasteiger partial charge in [0.25, 0.3) is 0 Å². The summed E-state index contributed by atoms with van der Waals surface area (Å²) >= 11 is 0. The molecule has 0 radical (unpaired) electrons. The number of hydrogen-bond donors (Lipinski definition) is 0. The van der Waals surface area contributed by atoms with Crippen molar-refractivity contribution < 1.29 is 9.68 Å². The predicted molar refractivity (Wildman–Crippen MR) is 57.9 cm³/mol. The second-order valence-corrected chi connectivity index (χ2v) is 3.35. The molecule has 15 heavy (non-hydrogen) atoms. The lowest BCUT2D eigenvalue weighted by Crippen LogP contribution is -1.93. The normalized spacial score (nSPS) is 8.80. The molecule has 0 atom stereocenters. The minimum atomic E-state index is 0.446. The number of unbranched alkanes of at least 4 members (excludes halogenated alkanes) is 1. The van der Waals surface area contributed by atoms with Crippen molar-refractivity contribution in [2.75, 3.05) is 13.2 Å². The van der Waals surface area contributed by atoms with Crippen molar-refractivity contribution in [2.45, 2.75) is 40.0 Å². The average Bonchev–Trinajstić information content (AvgIpc) is 2.20. The molecule has 0 heterocycles. The van der Waals surface area contributed by atoms with Crippen molar-refractivity contribution in [1.29, 1.82) is 0 Å². The van der Waals surface area contributed by atoms with Gasteiger partial charge in [-0.15, -0.1) is 9.81 Å². The first-order chi connectivity index (χ1) is 7.18. The number of nitrogens with zero attached hydrogens (tertiary/aromatic N) is 2. The van der Waals surface area contributed by atoms with Crippen LogP contribution >= 0.6 is 0 Å². The first-order valence-corrected chi connectivity index (χ1v) is 5.08. The van der Waals surface area contributed by atoms with Gasteiger partial charge in [-0.2, -0.15) is 0 Å². The van der Waals surface area contributed by atoms with Crippen LogP contribution in [0.2, 0.25) is 0 Å². The summed E-state index contributed by atoms with van der Waals surface area (Å²) in [7, 11) is 0. The lowest BCUT2D eigenvalue weighted by molar-refractivity contribution is 0.128. The summed E-state index contributed by atoms with van der Waals surface area (Å²) in [5.41, 5.74) is 0. The van der Waals surface area contributed by atoms with E-state index in [4.69, 9.17) is 0 Å². The number of rotatable bonds is 8. The Kier molecular flexibility index (Phi) is 16.5. The molecule has 0 fully saturated rings. The third kappa shape index (κ3) is 24.5. The van der Waals surface area contributed by atoms with Crippen LogP contribution in [0.15, 0.2) is 10.7 Å². The van der Waals surface area contributed by atoms with Gasteiger partial charge in [-0.25, -0.2) is 0 Å². The Labute approximate surface area is 90.2 Å². The molecular formula is C9H20N2O4. The third-order valence-corrected chi connectivity index (χ3v) is 1.48. The first kappa shape index (κ1) is 16.2. The quantitative estimate of drug-likeness (QED) is 0.357. The molecule has 0 bridgehead atoms. The Morgan fingerprint density at radius 3 is 2.00 bits per heavy atom. The molecular weight excluding hydrogens is 200 g/mol. The van der Waals surface area contributed by atoms with E-state index in [0.717, 1.165) is 19.3 Å². The van der Waals surface area contributed by atoms with Crippen LogP contribution in [-0.2, 0) is 9.68 Å². The highest BCUT2D eigenvalue weighted by Crippen LogP contribution is 1.98. The molecule has 0 saturated carbocycles. The summed E-state index contributed by atoms with van der Waals surface area (Å²) in [4.78, 5) is 26.9. The Morgan fingerprint density at radius 2 is 1.60 bits per heavy atom. The van der Waals surface area contributed by atoms with Gasteiger partial charge in [0, 0.05) is 0 Å². The number of hydrogen-bond acceptors (Lipinski definition) is 6. The lowest BCUT2D eigenvalue weighted by atomic mass is 10.1. The van der Waals surface area contributed by atoms with Gasteiger partial charge in [-0.3, -0.25) is 0 Å². The molecule has 6 heteroatoms. The van der Waals surface area contributed by atoms with Crippen LogP contribution in [0.4, 0.5) is 0 Å². The zero-order valence-corrected chi connectivity index (χ0v) is 9.64. The summed E-state index contributed by atoms with van der Waals surface area (Å²) < 4.78 is 0. The summed E-state index contributed by atoms with van der Waals surface area (Å²) in [5, 5.41) is 4.48. The fourth-order valence-electron chi connectivity index (χ4n) is 0.572. The van der Waals surface area contributed by atoms with Crippen molar-refractivity contribution >= 4 is 0 Å². The van der Waals surface area contributed by atoms with Crippen LogP contribution in [0.3, 0.4) is 0 Å². The molecule has 0 aliphatic rings. The molecule has 90 valence electrons. The minimum Gasteiger partial charge on any atom is -0.364 e. The van der Waals surface area contributed by atoms with Crippen LogP contribution in [0, 0.1) is 15.7 Å². The van der Waals surface area contributed by atoms with Gasteiger partial charge in [-0.05, 0) is 18.8 Å². The fraction of sp³-hybridized carbons (Fsp3) is 1.00. The molecule has 0 aliphatic heterocycles. The van der Waals surface area contributed by atoms with E-state index in [1.165, 1.54) is 0 Å². The molecule has 0 saturated heterocycles. The van der Waals surface area contributed by atoms with Gasteiger partial charge in [0.15, 0.2) is 10.7 Å². The highest BCUT2D eigenvalue weighted by atomic mass is 16.7. The topological polar surface area (TPSA) is 77.3 Å². The van der Waals surface area contributed by atoms with E-state index in [1.807, 2.05) is 6.92 Å². The maximum atomic E-state index is 9.31. The Hall–Kier alpha value is -1.20. The van der Waals surface area contributed by atoms with Gasteiger partial charge in [0.05, 0.1) is 0 Å². The maximum Gasteiger partial charge on any atom is 0.155 e. The fourth-order valence-corrected chi connectivity index (χ4v) is 0.572. The van der Waals surface area contributed by atoms with Crippen molar-refractivity contribution in [3.63, 3.8) is 0 Å². The van der Waals surface area contributed by atoms with Gasteiger partial charge >= 0.3 is 0 Å². The molecule has 0 unspecified atom stereocenters. The Balaban J connectivity index is 0. The van der Waals surface area contributed by atoms with Crippen molar-refractivity contribution in [2.24, 2.45) is 16.6 Å². The van der Waals surface area contributed by atoms with Crippen LogP contribution in [-0.4, -0.2) is 13.2 Å². The Bertz CT molecular complexity index is 142. The summed E-state index contributed by atoms with van der Waals surface area (Å²) in [6.07, 6.45) is 2.84. The standard InChI is InChI=1S/C5H11NO2.C4H9NO2/c1-5(2)3-4-8-6-7;1-2-3-4-7-5-6/h5H,3-4H2,1-2H3;2-4H2,1H3. The van der Waals surface area contributed by atoms with E-state index in [9.17, 15) is 9.81 Å². The van der Waals surface area contributed by atoms with E-state index >= 15 is 0 Å². The maximum absolute atomic E-state index is 9.31. The van der Waals surface area contributed by atoms with Crippen LogP contribution in [0.25, 0.3) is 0 Å². The summed E-state index contributed by atoms with van der Waals surface area (Å²) in [6, 6.07) is 0. The van der Waals surface area contributed by atoms with Gasteiger partial charge in [-0.1, -0.05) is 27.2 Å². The second kappa shape index (κ2) is 15.3. The van der Waals surface area contributed by atoms with E-state index in [2.05, 4.69) is 34.2 Å². The van der Waals surface area contributed by atoms with Gasteiger partial charge in [0.2, 0.25) is 0 Å². The molecule has 6 nitrogen and oxygen atoms in total. The molecule has 0 N–H and O–H groups in total. The molecule has 0 aromatic heterocycles. The molecule has 0 aliphatic carbocycles. The molecule has 0 aromatic rings. The molecule has 0 spiro atoms. The zero-order valence-electron chi connectivity index (χ0n) is 9.64. The summed E-state index contributed by atoms with van der Waals surface area (Å²) in [5.74, 6) is 0.580. The molecule has 0 aromatic carbocycles. The Morgan fingerprint density at radius 1 is 1.07 bits per heavy atom. The minimum absolute atomic E-state index is 0.446. The van der Waals surface area contributed by atoms with E-state index in [0.29, 0.717) is 19.1 Å². The highest BCUT2D eigenvalue weighted by Gasteiger charge is 1.91. The monoisotopic (exact) mass is 220 g/mol. The van der Waals surface area contributed by atoms with Gasteiger partial charge < -0.3 is 9.68 Å². The van der Waals surface area contributed by atoms with Crippen molar-refractivity contribution in [1.82, 2.24) is 0 Å². The van der Waals surface area contributed by atoms with Crippen LogP contribution in [0.5, 0.6) is 0 Å². The third-order valence-electron chi connectivity index (χ3n) is 1.48. The summed E-state index contributed by atoms with van der Waals surface area (Å²) in [6.45, 7) is 7.05. The average molecular weight is 220 g/mol. The van der Waals surface area contributed by atoms with E-state index < -0.39 is 0 Å².